The summed E-state index contributed by atoms with van der Waals surface area (Å²) in [6.07, 6.45) is 3.04. The van der Waals surface area contributed by atoms with Crippen molar-refractivity contribution in [1.29, 1.82) is 5.26 Å². The van der Waals surface area contributed by atoms with Crippen LogP contribution >= 0.6 is 0 Å². The lowest BCUT2D eigenvalue weighted by molar-refractivity contribution is -0.0501. The minimum Gasteiger partial charge on any atom is -0.288 e. The van der Waals surface area contributed by atoms with E-state index in [-0.39, 0.29) is 0 Å². The van der Waals surface area contributed by atoms with Crippen LogP contribution in [0.15, 0.2) is 22.4 Å². The van der Waals surface area contributed by atoms with Crippen LogP contribution in [0.2, 0.25) is 0 Å². The second kappa shape index (κ2) is 2.90. The van der Waals surface area contributed by atoms with Crippen LogP contribution in [0, 0.1) is 11.3 Å². The van der Waals surface area contributed by atoms with Crippen LogP contribution in [-0.2, 0) is 0 Å². The average molecular weight is 176 g/mol. The Kier molecular flexibility index (Phi) is 1.86. The third-order valence-corrected chi connectivity index (χ3v) is 2.85. The van der Waals surface area contributed by atoms with Crippen LogP contribution in [0.4, 0.5) is 0 Å². The Balaban J connectivity index is 2.46. The summed E-state index contributed by atoms with van der Waals surface area (Å²) in [5.74, 6) is 0. The first-order valence-corrected chi connectivity index (χ1v) is 4.52. The molecule has 0 bridgehead atoms. The van der Waals surface area contributed by atoms with Gasteiger partial charge >= 0.3 is 0 Å². The number of hydrogen-bond acceptors (Lipinski definition) is 3. The summed E-state index contributed by atoms with van der Waals surface area (Å²) >= 11 is 0. The van der Waals surface area contributed by atoms with Gasteiger partial charge in [0.15, 0.2) is 0 Å². The molecule has 1 aliphatic heterocycles. The Morgan fingerprint density at radius 1 is 1.46 bits per heavy atom. The fraction of sp³-hybridized carbons (Fsp3) is 0.500. The summed E-state index contributed by atoms with van der Waals surface area (Å²) in [5, 5.41) is 19.6. The smallest absolute Gasteiger partial charge is 0.0970 e. The van der Waals surface area contributed by atoms with E-state index in [4.69, 9.17) is 5.26 Å². The van der Waals surface area contributed by atoms with Gasteiger partial charge in [-0.15, -0.1) is 0 Å². The van der Waals surface area contributed by atoms with E-state index in [9.17, 15) is 5.21 Å². The van der Waals surface area contributed by atoms with Gasteiger partial charge in [-0.2, -0.15) is 5.26 Å². The van der Waals surface area contributed by atoms with Crippen molar-refractivity contribution in [1.82, 2.24) is 5.06 Å². The number of allylic oxidation sites excluding steroid dienone is 3. The lowest BCUT2D eigenvalue weighted by Crippen LogP contribution is -2.25. The first kappa shape index (κ1) is 8.33. The van der Waals surface area contributed by atoms with Crippen LogP contribution in [0.1, 0.15) is 26.2 Å². The van der Waals surface area contributed by atoms with Crippen molar-refractivity contribution in [3.8, 4) is 6.07 Å². The summed E-state index contributed by atoms with van der Waals surface area (Å²) in [7, 11) is 0. The topological polar surface area (TPSA) is 47.3 Å². The Bertz CT molecular complexity index is 346. The number of rotatable bonds is 0. The van der Waals surface area contributed by atoms with Gasteiger partial charge in [-0.05, 0) is 37.3 Å². The van der Waals surface area contributed by atoms with Crippen LogP contribution in [-0.4, -0.2) is 16.8 Å². The van der Waals surface area contributed by atoms with Crippen molar-refractivity contribution < 1.29 is 5.21 Å². The zero-order chi connectivity index (χ0) is 9.42. The Hall–Kier alpha value is -1.27. The van der Waals surface area contributed by atoms with Gasteiger partial charge in [-0.25, -0.2) is 0 Å². The zero-order valence-electron chi connectivity index (χ0n) is 7.67. The Morgan fingerprint density at radius 2 is 2.23 bits per heavy atom. The fourth-order valence-corrected chi connectivity index (χ4v) is 2.08. The van der Waals surface area contributed by atoms with Crippen molar-refractivity contribution >= 4 is 0 Å². The third kappa shape index (κ3) is 1.14. The second-order valence-corrected chi connectivity index (χ2v) is 3.55. The molecule has 1 N–H and O–H groups in total. The highest BCUT2D eigenvalue weighted by atomic mass is 16.5. The second-order valence-electron chi connectivity index (χ2n) is 3.55. The number of nitrogens with zero attached hydrogens (tertiary/aromatic N) is 2. The number of nitriles is 1. The zero-order valence-corrected chi connectivity index (χ0v) is 7.67. The molecule has 0 spiro atoms. The summed E-state index contributed by atoms with van der Waals surface area (Å²) < 4.78 is 0. The summed E-state index contributed by atoms with van der Waals surface area (Å²) in [4.78, 5) is 0. The molecule has 3 nitrogen and oxygen atoms in total. The molecule has 68 valence electrons. The van der Waals surface area contributed by atoms with Gasteiger partial charge < -0.3 is 0 Å². The normalized spacial score (nSPS) is 22.1. The highest BCUT2D eigenvalue weighted by molar-refractivity contribution is 5.47. The molecule has 1 heterocycles. The molecule has 2 aliphatic rings. The summed E-state index contributed by atoms with van der Waals surface area (Å²) in [5.41, 5.74) is 3.99. The monoisotopic (exact) mass is 176 g/mol. The first-order chi connectivity index (χ1) is 6.24. The quantitative estimate of drug-likeness (QED) is 0.613. The van der Waals surface area contributed by atoms with E-state index in [1.165, 1.54) is 10.6 Å². The molecule has 3 heteroatoms. The molecule has 0 atom stereocenters. The molecule has 0 saturated carbocycles. The molecule has 2 rings (SSSR count). The van der Waals surface area contributed by atoms with Crippen LogP contribution in [0.5, 0.6) is 0 Å². The van der Waals surface area contributed by atoms with Crippen LogP contribution in [0.25, 0.3) is 0 Å². The first-order valence-electron chi connectivity index (χ1n) is 4.52. The van der Waals surface area contributed by atoms with Gasteiger partial charge in [0.1, 0.15) is 0 Å². The number of hydroxylamine groups is 2. The highest BCUT2D eigenvalue weighted by Crippen LogP contribution is 2.37. The number of hydrogen-bond donors (Lipinski definition) is 1. The Morgan fingerprint density at radius 3 is 2.92 bits per heavy atom. The summed E-state index contributed by atoms with van der Waals surface area (Å²) in [6.45, 7) is 2.34. The van der Waals surface area contributed by atoms with Gasteiger partial charge in [0.25, 0.3) is 0 Å². The molecule has 0 aromatic rings. The molecule has 0 unspecified atom stereocenters. The van der Waals surface area contributed by atoms with Crippen LogP contribution < -0.4 is 0 Å². The molecular weight excluding hydrogens is 164 g/mol. The molecule has 0 aromatic heterocycles. The van der Waals surface area contributed by atoms with E-state index in [2.05, 4.69) is 6.07 Å². The molecule has 0 radical (unpaired) electrons. The average Bonchev–Trinajstić information content (AvgIpc) is 2.60. The molecule has 0 aromatic carbocycles. The maximum atomic E-state index is 9.59. The minimum absolute atomic E-state index is 0.362. The minimum atomic E-state index is 0.362. The largest absolute Gasteiger partial charge is 0.288 e. The van der Waals surface area contributed by atoms with Gasteiger partial charge in [0, 0.05) is 5.70 Å². The molecule has 0 fully saturated rings. The predicted molar refractivity (Wildman–Crippen MR) is 47.7 cm³/mol. The van der Waals surface area contributed by atoms with E-state index < -0.39 is 0 Å². The molecule has 0 amide bonds. The van der Waals surface area contributed by atoms with Crippen molar-refractivity contribution in [3.05, 3.63) is 22.4 Å². The third-order valence-electron chi connectivity index (χ3n) is 2.85. The predicted octanol–water partition coefficient (Wildman–Crippen LogP) is 1.97. The maximum absolute atomic E-state index is 9.59. The van der Waals surface area contributed by atoms with Crippen molar-refractivity contribution in [2.75, 3.05) is 6.54 Å². The van der Waals surface area contributed by atoms with E-state index in [0.717, 1.165) is 30.5 Å². The van der Waals surface area contributed by atoms with Gasteiger partial charge in [-0.1, -0.05) is 0 Å². The van der Waals surface area contributed by atoms with Crippen molar-refractivity contribution in [3.63, 3.8) is 0 Å². The molecule has 0 saturated heterocycles. The van der Waals surface area contributed by atoms with E-state index >= 15 is 0 Å². The van der Waals surface area contributed by atoms with Crippen molar-refractivity contribution in [2.24, 2.45) is 0 Å². The lowest BCUT2D eigenvalue weighted by Gasteiger charge is -2.25. The van der Waals surface area contributed by atoms with E-state index in [1.54, 1.807) is 0 Å². The summed E-state index contributed by atoms with van der Waals surface area (Å²) in [6, 6.07) is 2.14. The molecule has 13 heavy (non-hydrogen) atoms. The van der Waals surface area contributed by atoms with Gasteiger partial charge in [0.2, 0.25) is 0 Å². The maximum Gasteiger partial charge on any atom is 0.0970 e. The standard InChI is InChI=1S/C10H12N2O/c1-7-8(5-11)6-12(13)10-4-2-3-9(7)10/h13H,2-4,6H2,1H3. The SMILES string of the molecule is CC1=C(C#N)CN(O)C2=C1CCC2. The Labute approximate surface area is 77.5 Å². The fourth-order valence-electron chi connectivity index (χ4n) is 2.08. The van der Waals surface area contributed by atoms with Crippen molar-refractivity contribution in [2.45, 2.75) is 26.2 Å². The highest BCUT2D eigenvalue weighted by Gasteiger charge is 2.26. The molecular formula is C10H12N2O. The van der Waals surface area contributed by atoms with E-state index in [1.807, 2.05) is 6.92 Å². The lowest BCUT2D eigenvalue weighted by atomic mass is 9.98. The van der Waals surface area contributed by atoms with Gasteiger partial charge in [-0.3, -0.25) is 10.3 Å². The van der Waals surface area contributed by atoms with E-state index in [0.29, 0.717) is 12.1 Å². The molecule has 1 aliphatic carbocycles. The van der Waals surface area contributed by atoms with Crippen LogP contribution in [0.3, 0.4) is 0 Å². The van der Waals surface area contributed by atoms with Gasteiger partial charge in [0.05, 0.1) is 18.2 Å².